The lowest BCUT2D eigenvalue weighted by atomic mass is 9.93. The van der Waals surface area contributed by atoms with E-state index in [0.717, 1.165) is 17.7 Å². The van der Waals surface area contributed by atoms with Gasteiger partial charge in [-0.2, -0.15) is 0 Å². The second kappa shape index (κ2) is 3.82. The number of carbonyl (C=O) groups is 1. The number of epoxide rings is 1. The van der Waals surface area contributed by atoms with E-state index < -0.39 is 5.60 Å². The van der Waals surface area contributed by atoms with Crippen molar-refractivity contribution >= 4 is 17.5 Å². The molecule has 0 aromatic heterocycles. The number of halogens is 1. The average molecular weight is 252 g/mol. The molecular formula is C13H13FO2S. The molecule has 90 valence electrons. The maximum absolute atomic E-state index is 13.2. The minimum atomic E-state index is -0.651. The first-order valence-corrected chi connectivity index (χ1v) is 6.81. The van der Waals surface area contributed by atoms with Gasteiger partial charge in [0, 0.05) is 16.2 Å². The highest BCUT2D eigenvalue weighted by Gasteiger charge is 2.63. The Balaban J connectivity index is 1.94. The number of fused-ring (bicyclic) bond motifs is 1. The fraction of sp³-hybridized carbons (Fsp3) is 0.462. The van der Waals surface area contributed by atoms with E-state index in [-0.39, 0.29) is 17.7 Å². The second-order valence-corrected chi connectivity index (χ2v) is 5.56. The van der Waals surface area contributed by atoms with Crippen LogP contribution < -0.4 is 0 Å². The van der Waals surface area contributed by atoms with Crippen molar-refractivity contribution in [1.29, 1.82) is 0 Å². The van der Waals surface area contributed by atoms with Crippen molar-refractivity contribution in [1.82, 2.24) is 0 Å². The van der Waals surface area contributed by atoms with E-state index in [2.05, 4.69) is 6.92 Å². The molecule has 2 nitrogen and oxygen atoms in total. The third-order valence-electron chi connectivity index (χ3n) is 3.38. The van der Waals surface area contributed by atoms with E-state index in [4.69, 9.17) is 4.74 Å². The minimum Gasteiger partial charge on any atom is -0.356 e. The molecule has 0 saturated carbocycles. The quantitative estimate of drug-likeness (QED) is 0.758. The fourth-order valence-electron chi connectivity index (χ4n) is 2.38. The molecular weight excluding hydrogens is 239 g/mol. The first-order valence-electron chi connectivity index (χ1n) is 5.82. The number of hydrogen-bond donors (Lipinski definition) is 0. The molecule has 1 aromatic carbocycles. The molecule has 1 fully saturated rings. The number of ketones is 1. The Hall–Kier alpha value is -0.870. The normalized spacial score (nSPS) is 30.5. The summed E-state index contributed by atoms with van der Waals surface area (Å²) in [5, 5.41) is 0. The molecule has 0 N–H and O–H groups in total. The van der Waals surface area contributed by atoms with Crippen LogP contribution in [-0.4, -0.2) is 23.2 Å². The number of Topliss-reactive ketones (excluding diaryl/α,β-unsaturated/α-hetero) is 1. The van der Waals surface area contributed by atoms with Crippen LogP contribution in [0.25, 0.3) is 0 Å². The average Bonchev–Trinajstić information content (AvgIpc) is 3.00. The van der Waals surface area contributed by atoms with E-state index in [0.29, 0.717) is 11.3 Å². The van der Waals surface area contributed by atoms with Crippen molar-refractivity contribution in [2.24, 2.45) is 0 Å². The lowest BCUT2D eigenvalue weighted by Crippen LogP contribution is -2.34. The van der Waals surface area contributed by atoms with Crippen LogP contribution in [0.2, 0.25) is 0 Å². The van der Waals surface area contributed by atoms with Crippen LogP contribution >= 0.6 is 11.8 Å². The van der Waals surface area contributed by atoms with Gasteiger partial charge < -0.3 is 4.74 Å². The molecule has 1 aromatic rings. The zero-order valence-corrected chi connectivity index (χ0v) is 10.3. The van der Waals surface area contributed by atoms with Gasteiger partial charge in [-0.05, 0) is 24.6 Å². The number of benzene rings is 1. The zero-order valence-electron chi connectivity index (χ0n) is 9.53. The number of carbonyl (C=O) groups excluding carboxylic acids is 1. The molecule has 0 aliphatic carbocycles. The highest BCUT2D eigenvalue weighted by molar-refractivity contribution is 7.99. The zero-order chi connectivity index (χ0) is 12.0. The number of rotatable bonds is 2. The van der Waals surface area contributed by atoms with Gasteiger partial charge in [0.15, 0.2) is 11.4 Å². The largest absolute Gasteiger partial charge is 0.356 e. The predicted molar refractivity (Wildman–Crippen MR) is 64.0 cm³/mol. The van der Waals surface area contributed by atoms with Crippen molar-refractivity contribution in [3.63, 3.8) is 0 Å². The number of ether oxygens (including phenoxy) is 1. The van der Waals surface area contributed by atoms with Crippen LogP contribution in [-0.2, 0) is 4.74 Å². The molecule has 4 heteroatoms. The summed E-state index contributed by atoms with van der Waals surface area (Å²) in [5.74, 6) is 0.265. The summed E-state index contributed by atoms with van der Waals surface area (Å²) < 4.78 is 18.8. The van der Waals surface area contributed by atoms with E-state index in [1.807, 2.05) is 0 Å². The van der Waals surface area contributed by atoms with Crippen LogP contribution in [0.4, 0.5) is 4.39 Å². The van der Waals surface area contributed by atoms with Gasteiger partial charge in [0.25, 0.3) is 0 Å². The molecule has 0 amide bonds. The summed E-state index contributed by atoms with van der Waals surface area (Å²) in [6.45, 7) is 2.07. The van der Waals surface area contributed by atoms with Crippen LogP contribution in [0.5, 0.6) is 0 Å². The molecule has 2 aliphatic rings. The smallest absolute Gasteiger partial charge is 0.199 e. The van der Waals surface area contributed by atoms with Crippen LogP contribution in [0.3, 0.4) is 0 Å². The van der Waals surface area contributed by atoms with Crippen LogP contribution in [0, 0.1) is 5.82 Å². The summed E-state index contributed by atoms with van der Waals surface area (Å²) in [7, 11) is 0. The van der Waals surface area contributed by atoms with Gasteiger partial charge in [-0.1, -0.05) is 13.3 Å². The predicted octanol–water partition coefficient (Wildman–Crippen LogP) is 3.05. The third-order valence-corrected chi connectivity index (χ3v) is 4.62. The van der Waals surface area contributed by atoms with Crippen LogP contribution in [0.15, 0.2) is 23.1 Å². The number of thioether (sulfide) groups is 1. The van der Waals surface area contributed by atoms with E-state index >= 15 is 0 Å². The monoisotopic (exact) mass is 252 g/mol. The number of hydrogen-bond acceptors (Lipinski definition) is 3. The standard InChI is InChI=1S/C13H13FO2S/c1-2-3-11-13(16-11)7-17-10-5-4-8(14)6-9(10)12(13)15/h4-6,11H,2-3,7H2,1H3. The first-order chi connectivity index (χ1) is 8.17. The first kappa shape index (κ1) is 11.2. The SMILES string of the molecule is CCCC1OC12CSc1ccc(F)cc1C2=O. The molecule has 2 aliphatic heterocycles. The Labute approximate surface area is 104 Å². The molecule has 1 spiro atoms. The van der Waals surface area contributed by atoms with E-state index in [1.54, 1.807) is 17.8 Å². The van der Waals surface area contributed by atoms with Crippen molar-refractivity contribution in [2.75, 3.05) is 5.75 Å². The molecule has 0 radical (unpaired) electrons. The molecule has 2 heterocycles. The summed E-state index contributed by atoms with van der Waals surface area (Å²) in [6, 6.07) is 4.40. The Morgan fingerprint density at radius 1 is 1.59 bits per heavy atom. The van der Waals surface area contributed by atoms with Crippen LogP contribution in [0.1, 0.15) is 30.1 Å². The Morgan fingerprint density at radius 2 is 2.41 bits per heavy atom. The Morgan fingerprint density at radius 3 is 3.18 bits per heavy atom. The Bertz CT molecular complexity index is 488. The molecule has 2 atom stereocenters. The van der Waals surface area contributed by atoms with Crippen molar-refractivity contribution < 1.29 is 13.9 Å². The van der Waals surface area contributed by atoms with Gasteiger partial charge in [-0.3, -0.25) is 4.79 Å². The Kier molecular flexibility index (Phi) is 2.52. The lowest BCUT2D eigenvalue weighted by Gasteiger charge is -2.20. The van der Waals surface area contributed by atoms with E-state index in [9.17, 15) is 9.18 Å². The topological polar surface area (TPSA) is 29.6 Å². The van der Waals surface area contributed by atoms with Crippen molar-refractivity contribution in [3.05, 3.63) is 29.6 Å². The minimum absolute atomic E-state index is 0.0314. The lowest BCUT2D eigenvalue weighted by molar-refractivity contribution is 0.0885. The van der Waals surface area contributed by atoms with Gasteiger partial charge >= 0.3 is 0 Å². The van der Waals surface area contributed by atoms with Gasteiger partial charge in [0.2, 0.25) is 0 Å². The summed E-state index contributed by atoms with van der Waals surface area (Å²) in [6.07, 6.45) is 1.93. The summed E-state index contributed by atoms with van der Waals surface area (Å²) >= 11 is 1.59. The second-order valence-electron chi connectivity index (χ2n) is 4.54. The maximum Gasteiger partial charge on any atom is 0.199 e. The molecule has 1 saturated heterocycles. The highest BCUT2D eigenvalue weighted by atomic mass is 32.2. The van der Waals surface area contributed by atoms with Gasteiger partial charge in [0.05, 0.1) is 6.10 Å². The summed E-state index contributed by atoms with van der Waals surface area (Å²) in [4.78, 5) is 13.2. The third kappa shape index (κ3) is 1.62. The molecule has 3 rings (SSSR count). The van der Waals surface area contributed by atoms with Gasteiger partial charge in [-0.15, -0.1) is 11.8 Å². The fourth-order valence-corrected chi connectivity index (χ4v) is 3.61. The van der Waals surface area contributed by atoms with E-state index in [1.165, 1.54) is 12.1 Å². The van der Waals surface area contributed by atoms with Crippen molar-refractivity contribution in [3.8, 4) is 0 Å². The van der Waals surface area contributed by atoms with Gasteiger partial charge in [-0.25, -0.2) is 4.39 Å². The maximum atomic E-state index is 13.2. The molecule has 17 heavy (non-hydrogen) atoms. The molecule has 2 unspecified atom stereocenters. The molecule has 0 bridgehead atoms. The van der Waals surface area contributed by atoms with Crippen molar-refractivity contribution in [2.45, 2.75) is 36.4 Å². The highest BCUT2D eigenvalue weighted by Crippen LogP contribution is 2.50. The van der Waals surface area contributed by atoms with Gasteiger partial charge in [0.1, 0.15) is 5.82 Å². The summed E-state index contributed by atoms with van der Waals surface area (Å²) in [5.41, 5.74) is -0.165.